The van der Waals surface area contributed by atoms with Crippen LogP contribution in [0.1, 0.15) is 17.2 Å². The molecule has 1 amide bonds. The van der Waals surface area contributed by atoms with E-state index in [1.54, 1.807) is 0 Å². The second-order valence-electron chi connectivity index (χ2n) is 6.12. The van der Waals surface area contributed by atoms with Crippen LogP contribution in [-0.2, 0) is 11.3 Å². The van der Waals surface area contributed by atoms with Gasteiger partial charge in [0.2, 0.25) is 5.91 Å². The number of amides is 1. The predicted molar refractivity (Wildman–Crippen MR) is 111 cm³/mol. The summed E-state index contributed by atoms with van der Waals surface area (Å²) in [6.45, 7) is 4.02. The molecule has 1 unspecified atom stereocenters. The van der Waals surface area contributed by atoms with Crippen molar-refractivity contribution in [3.63, 3.8) is 0 Å². The molecular weight excluding hydrogens is 393 g/mol. The van der Waals surface area contributed by atoms with Crippen molar-refractivity contribution >= 4 is 42.3 Å². The van der Waals surface area contributed by atoms with Crippen LogP contribution < -0.4 is 5.73 Å². The Kier molecular flexibility index (Phi) is 9.41. The molecule has 2 aromatic rings. The first-order valence-electron chi connectivity index (χ1n) is 8.19. The van der Waals surface area contributed by atoms with Crippen LogP contribution in [0.5, 0.6) is 0 Å². The first-order chi connectivity index (χ1) is 11.6. The van der Waals surface area contributed by atoms with Gasteiger partial charge in [0.25, 0.3) is 0 Å². The van der Waals surface area contributed by atoms with E-state index >= 15 is 0 Å². The Labute approximate surface area is 172 Å². The minimum absolute atomic E-state index is 0. The van der Waals surface area contributed by atoms with E-state index in [4.69, 9.17) is 17.3 Å². The van der Waals surface area contributed by atoms with Gasteiger partial charge in [0.05, 0.1) is 0 Å². The average molecular weight is 417 g/mol. The van der Waals surface area contributed by atoms with Crippen molar-refractivity contribution < 1.29 is 4.79 Å². The monoisotopic (exact) mass is 415 g/mol. The molecule has 0 aliphatic carbocycles. The highest BCUT2D eigenvalue weighted by Crippen LogP contribution is 2.16. The fraction of sp³-hybridized carbons (Fsp3) is 0.316. The zero-order valence-electron chi connectivity index (χ0n) is 14.4. The van der Waals surface area contributed by atoms with Gasteiger partial charge in [-0.3, -0.25) is 9.69 Å². The Morgan fingerprint density at radius 3 is 2.12 bits per heavy atom. The Hall–Kier alpha value is -1.30. The summed E-state index contributed by atoms with van der Waals surface area (Å²) in [7, 11) is 0. The first-order valence-corrected chi connectivity index (χ1v) is 8.57. The van der Waals surface area contributed by atoms with E-state index in [2.05, 4.69) is 4.90 Å². The molecule has 0 bridgehead atoms. The van der Waals surface area contributed by atoms with E-state index in [0.29, 0.717) is 13.1 Å². The molecule has 3 rings (SSSR count). The Balaban J connectivity index is 0.00000169. The largest absolute Gasteiger partial charge is 0.338 e. The topological polar surface area (TPSA) is 49.6 Å². The minimum Gasteiger partial charge on any atom is -0.338 e. The van der Waals surface area contributed by atoms with Crippen LogP contribution in [0.3, 0.4) is 0 Å². The average Bonchev–Trinajstić information content (AvgIpc) is 2.64. The normalized spacial score (nSPS) is 15.5. The second-order valence-corrected chi connectivity index (χ2v) is 6.55. The van der Waals surface area contributed by atoms with Crippen molar-refractivity contribution in [3.05, 3.63) is 70.7 Å². The fourth-order valence-electron chi connectivity index (χ4n) is 2.97. The molecule has 0 aromatic heterocycles. The molecular formula is C19H24Cl3N3O. The number of benzene rings is 2. The van der Waals surface area contributed by atoms with E-state index in [1.165, 1.54) is 5.56 Å². The molecule has 1 aliphatic heterocycles. The summed E-state index contributed by atoms with van der Waals surface area (Å²) in [5, 5.41) is 0.754. The Morgan fingerprint density at radius 1 is 0.962 bits per heavy atom. The van der Waals surface area contributed by atoms with Crippen molar-refractivity contribution in [3.8, 4) is 0 Å². The van der Waals surface area contributed by atoms with Crippen LogP contribution in [0.25, 0.3) is 0 Å². The summed E-state index contributed by atoms with van der Waals surface area (Å²) >= 11 is 5.92. The summed E-state index contributed by atoms with van der Waals surface area (Å²) in [6.07, 6.45) is 0. The molecule has 1 atom stereocenters. The number of rotatable bonds is 4. The number of nitrogens with two attached hydrogens (primary N) is 1. The maximum Gasteiger partial charge on any atom is 0.244 e. The number of hydrogen-bond donors (Lipinski definition) is 1. The fourth-order valence-corrected chi connectivity index (χ4v) is 3.10. The highest BCUT2D eigenvalue weighted by molar-refractivity contribution is 6.30. The summed E-state index contributed by atoms with van der Waals surface area (Å²) in [6, 6.07) is 16.9. The molecule has 1 saturated heterocycles. The molecule has 4 nitrogen and oxygen atoms in total. The van der Waals surface area contributed by atoms with Crippen molar-refractivity contribution in [1.29, 1.82) is 0 Å². The maximum atomic E-state index is 12.6. The van der Waals surface area contributed by atoms with Gasteiger partial charge < -0.3 is 10.6 Å². The van der Waals surface area contributed by atoms with Gasteiger partial charge in [0.1, 0.15) is 6.04 Å². The molecule has 1 heterocycles. The summed E-state index contributed by atoms with van der Waals surface area (Å²) < 4.78 is 0. The molecule has 0 radical (unpaired) electrons. The maximum absolute atomic E-state index is 12.6. The van der Waals surface area contributed by atoms with Gasteiger partial charge in [-0.15, -0.1) is 24.8 Å². The number of carbonyl (C=O) groups is 1. The van der Waals surface area contributed by atoms with Crippen LogP contribution >= 0.6 is 36.4 Å². The van der Waals surface area contributed by atoms with Crippen molar-refractivity contribution in [1.82, 2.24) is 9.80 Å². The summed E-state index contributed by atoms with van der Waals surface area (Å²) in [5.74, 6) is 0.00680. The van der Waals surface area contributed by atoms with Crippen LogP contribution in [0.15, 0.2) is 54.6 Å². The number of nitrogens with zero attached hydrogens (tertiary/aromatic N) is 2. The van der Waals surface area contributed by atoms with Gasteiger partial charge >= 0.3 is 0 Å². The summed E-state index contributed by atoms with van der Waals surface area (Å²) in [5.41, 5.74) is 8.23. The van der Waals surface area contributed by atoms with Crippen molar-refractivity contribution in [2.45, 2.75) is 12.6 Å². The van der Waals surface area contributed by atoms with Crippen LogP contribution in [0, 0.1) is 0 Å². The minimum atomic E-state index is -0.575. The van der Waals surface area contributed by atoms with Crippen LogP contribution in [0.2, 0.25) is 5.02 Å². The van der Waals surface area contributed by atoms with Gasteiger partial charge in [0, 0.05) is 37.7 Å². The Bertz CT molecular complexity index is 674. The number of piperazine rings is 1. The zero-order chi connectivity index (χ0) is 16.9. The highest BCUT2D eigenvalue weighted by Gasteiger charge is 2.26. The lowest BCUT2D eigenvalue weighted by atomic mass is 10.1. The molecule has 0 spiro atoms. The smallest absolute Gasteiger partial charge is 0.244 e. The molecule has 0 saturated carbocycles. The first kappa shape index (κ1) is 22.7. The van der Waals surface area contributed by atoms with Gasteiger partial charge in [-0.25, -0.2) is 0 Å². The number of halogens is 3. The third kappa shape index (κ3) is 5.86. The third-order valence-corrected chi connectivity index (χ3v) is 4.68. The molecule has 7 heteroatoms. The molecule has 2 aromatic carbocycles. The quantitative estimate of drug-likeness (QED) is 0.829. The van der Waals surface area contributed by atoms with Crippen LogP contribution in [0.4, 0.5) is 0 Å². The van der Waals surface area contributed by atoms with E-state index in [-0.39, 0.29) is 30.7 Å². The molecule has 1 aliphatic rings. The standard InChI is InChI=1S/C19H22ClN3O.2ClH/c20-17-8-6-15(7-9-17)14-22-10-12-23(13-11-22)19(24)18(21)16-4-2-1-3-5-16;;/h1-9,18H,10-14,21H2;2*1H. The van der Waals surface area contributed by atoms with Gasteiger partial charge in [-0.2, -0.15) is 0 Å². The number of hydrogen-bond acceptors (Lipinski definition) is 3. The van der Waals surface area contributed by atoms with Gasteiger partial charge in [-0.1, -0.05) is 54.1 Å². The Morgan fingerprint density at radius 2 is 1.54 bits per heavy atom. The van der Waals surface area contributed by atoms with Crippen molar-refractivity contribution in [2.75, 3.05) is 26.2 Å². The zero-order valence-corrected chi connectivity index (χ0v) is 16.8. The van der Waals surface area contributed by atoms with E-state index in [0.717, 1.165) is 30.2 Å². The van der Waals surface area contributed by atoms with Crippen molar-refractivity contribution in [2.24, 2.45) is 5.73 Å². The molecule has 2 N–H and O–H groups in total. The lowest BCUT2D eigenvalue weighted by molar-refractivity contribution is -0.134. The molecule has 142 valence electrons. The van der Waals surface area contributed by atoms with Gasteiger partial charge in [0.15, 0.2) is 0 Å². The summed E-state index contributed by atoms with van der Waals surface area (Å²) in [4.78, 5) is 16.8. The van der Waals surface area contributed by atoms with E-state index in [1.807, 2.05) is 59.5 Å². The lowest BCUT2D eigenvalue weighted by Gasteiger charge is -2.36. The third-order valence-electron chi connectivity index (χ3n) is 4.43. The highest BCUT2D eigenvalue weighted by atomic mass is 35.5. The van der Waals surface area contributed by atoms with Crippen LogP contribution in [-0.4, -0.2) is 41.9 Å². The molecule has 1 fully saturated rings. The molecule has 26 heavy (non-hydrogen) atoms. The number of carbonyl (C=O) groups excluding carboxylic acids is 1. The SMILES string of the molecule is Cl.Cl.NC(C(=O)N1CCN(Cc2ccc(Cl)cc2)CC1)c1ccccc1. The predicted octanol–water partition coefficient (Wildman–Crippen LogP) is 3.53. The lowest BCUT2D eigenvalue weighted by Crippen LogP contribution is -2.50. The van der Waals surface area contributed by atoms with E-state index in [9.17, 15) is 4.79 Å². The van der Waals surface area contributed by atoms with Gasteiger partial charge in [-0.05, 0) is 23.3 Å². The van der Waals surface area contributed by atoms with E-state index < -0.39 is 6.04 Å². The second kappa shape index (κ2) is 10.8.